The van der Waals surface area contributed by atoms with Gasteiger partial charge in [0.1, 0.15) is 0 Å². The van der Waals surface area contributed by atoms with Crippen LogP contribution in [0.3, 0.4) is 0 Å². The van der Waals surface area contributed by atoms with E-state index in [0.717, 1.165) is 36.5 Å². The molecule has 1 aliphatic carbocycles. The minimum atomic E-state index is -0.147. The fourth-order valence-corrected chi connectivity index (χ4v) is 3.72. The van der Waals surface area contributed by atoms with E-state index in [-0.39, 0.29) is 17.2 Å². The normalized spacial score (nSPS) is 17.5. The van der Waals surface area contributed by atoms with E-state index in [1.54, 1.807) is 17.9 Å². The van der Waals surface area contributed by atoms with Gasteiger partial charge in [-0.25, -0.2) is 0 Å². The molecule has 144 valence electrons. The van der Waals surface area contributed by atoms with Gasteiger partial charge in [0.25, 0.3) is 5.91 Å². The number of amides is 2. The molecular weight excluding hydrogens is 344 g/mol. The number of fused-ring (bicyclic) bond motifs is 1. The highest BCUT2D eigenvalue weighted by Gasteiger charge is 2.43. The van der Waals surface area contributed by atoms with E-state index in [2.05, 4.69) is 28.5 Å². The Labute approximate surface area is 158 Å². The van der Waals surface area contributed by atoms with E-state index in [1.165, 1.54) is 0 Å². The van der Waals surface area contributed by atoms with Crippen molar-refractivity contribution in [2.24, 2.45) is 5.41 Å². The Balaban J connectivity index is 1.37. The topological polar surface area (TPSA) is 85.0 Å². The van der Waals surface area contributed by atoms with Gasteiger partial charge >= 0.3 is 0 Å². The highest BCUT2D eigenvalue weighted by Crippen LogP contribution is 2.46. The molecule has 2 aromatic heterocycles. The Bertz CT molecular complexity index is 892. The minimum Gasteiger partial charge on any atom is -0.350 e. The molecule has 0 spiro atoms. The first-order valence-corrected chi connectivity index (χ1v) is 9.47. The first-order chi connectivity index (χ1) is 12.8. The molecule has 0 radical (unpaired) electrons. The van der Waals surface area contributed by atoms with Crippen molar-refractivity contribution in [3.05, 3.63) is 34.9 Å². The molecule has 0 unspecified atom stereocenters. The van der Waals surface area contributed by atoms with Crippen molar-refractivity contribution in [3.63, 3.8) is 0 Å². The highest BCUT2D eigenvalue weighted by molar-refractivity contribution is 5.92. The summed E-state index contributed by atoms with van der Waals surface area (Å²) in [6.07, 6.45) is 2.19. The monoisotopic (exact) mass is 370 g/mol. The van der Waals surface area contributed by atoms with Gasteiger partial charge in [0, 0.05) is 37.7 Å². The predicted octanol–water partition coefficient (Wildman–Crippen LogP) is 1.27. The van der Waals surface area contributed by atoms with Crippen LogP contribution in [0.5, 0.6) is 0 Å². The lowest BCUT2D eigenvalue weighted by atomic mass is 10.1. The van der Waals surface area contributed by atoms with Gasteiger partial charge in [-0.15, -0.1) is 0 Å². The summed E-state index contributed by atoms with van der Waals surface area (Å²) >= 11 is 0. The first kappa shape index (κ1) is 17.8. The number of carbonyl (C=O) groups excluding carboxylic acids is 2. The number of rotatable bonds is 5. The molecule has 1 fully saturated rings. The summed E-state index contributed by atoms with van der Waals surface area (Å²) in [4.78, 5) is 25.9. The van der Waals surface area contributed by atoms with Gasteiger partial charge in [-0.1, -0.05) is 0 Å². The third-order valence-electron chi connectivity index (χ3n) is 5.65. The molecule has 8 heteroatoms. The lowest BCUT2D eigenvalue weighted by Gasteiger charge is -2.26. The standard InChI is InChI=1S/C19H26N6O2/c1-13-8-14(2)25(21-13)12-19(4-5-19)11-20-18(27)17-9-16-10-23(15(3)26)6-7-24(16)22-17/h8-9H,4-7,10-12H2,1-3H3,(H,20,27). The van der Waals surface area contributed by atoms with Crippen LogP contribution in [-0.4, -0.2) is 49.4 Å². The van der Waals surface area contributed by atoms with Gasteiger partial charge in [-0.05, 0) is 38.8 Å². The average Bonchev–Trinajstić information content (AvgIpc) is 3.12. The highest BCUT2D eigenvalue weighted by atomic mass is 16.2. The number of nitrogens with one attached hydrogen (secondary N) is 1. The molecule has 2 aliphatic rings. The van der Waals surface area contributed by atoms with Crippen LogP contribution < -0.4 is 5.32 Å². The molecule has 0 bridgehead atoms. The van der Waals surface area contributed by atoms with Crippen LogP contribution >= 0.6 is 0 Å². The summed E-state index contributed by atoms with van der Waals surface area (Å²) in [5, 5.41) is 12.0. The molecule has 3 heterocycles. The smallest absolute Gasteiger partial charge is 0.271 e. The van der Waals surface area contributed by atoms with Crippen LogP contribution in [0.1, 0.15) is 47.3 Å². The summed E-state index contributed by atoms with van der Waals surface area (Å²) in [5.41, 5.74) is 3.61. The van der Waals surface area contributed by atoms with Gasteiger partial charge in [0.2, 0.25) is 5.91 Å². The Morgan fingerprint density at radius 3 is 2.59 bits per heavy atom. The summed E-state index contributed by atoms with van der Waals surface area (Å²) < 4.78 is 3.87. The van der Waals surface area contributed by atoms with Gasteiger partial charge in [-0.2, -0.15) is 10.2 Å². The van der Waals surface area contributed by atoms with Crippen LogP contribution in [0.2, 0.25) is 0 Å². The van der Waals surface area contributed by atoms with Crippen LogP contribution in [-0.2, 0) is 24.4 Å². The zero-order valence-electron chi connectivity index (χ0n) is 16.2. The van der Waals surface area contributed by atoms with Crippen molar-refractivity contribution in [2.45, 2.75) is 53.2 Å². The second kappa shape index (κ2) is 6.51. The Morgan fingerprint density at radius 1 is 1.19 bits per heavy atom. The average molecular weight is 370 g/mol. The molecule has 27 heavy (non-hydrogen) atoms. The van der Waals surface area contributed by atoms with Crippen molar-refractivity contribution >= 4 is 11.8 Å². The number of carbonyl (C=O) groups is 2. The lowest BCUT2D eigenvalue weighted by molar-refractivity contribution is -0.130. The van der Waals surface area contributed by atoms with Crippen molar-refractivity contribution in [1.29, 1.82) is 0 Å². The summed E-state index contributed by atoms with van der Waals surface area (Å²) in [6, 6.07) is 3.87. The second-order valence-corrected chi connectivity index (χ2v) is 7.95. The molecule has 2 amide bonds. The molecule has 1 aliphatic heterocycles. The minimum absolute atomic E-state index is 0.0493. The molecule has 0 aromatic carbocycles. The van der Waals surface area contributed by atoms with Crippen molar-refractivity contribution in [2.75, 3.05) is 13.1 Å². The van der Waals surface area contributed by atoms with Crippen molar-refractivity contribution < 1.29 is 9.59 Å². The Hall–Kier alpha value is -2.64. The van der Waals surface area contributed by atoms with E-state index >= 15 is 0 Å². The molecule has 1 N–H and O–H groups in total. The van der Waals surface area contributed by atoms with Gasteiger partial charge in [-0.3, -0.25) is 19.0 Å². The Kier molecular flexibility index (Phi) is 4.28. The van der Waals surface area contributed by atoms with Crippen LogP contribution in [0.15, 0.2) is 12.1 Å². The maximum absolute atomic E-state index is 12.6. The van der Waals surface area contributed by atoms with Crippen molar-refractivity contribution in [1.82, 2.24) is 29.8 Å². The molecule has 0 saturated heterocycles. The van der Waals surface area contributed by atoms with E-state index in [1.807, 2.05) is 16.3 Å². The maximum Gasteiger partial charge on any atom is 0.271 e. The van der Waals surface area contributed by atoms with Gasteiger partial charge < -0.3 is 10.2 Å². The van der Waals surface area contributed by atoms with Gasteiger partial charge in [0.05, 0.1) is 24.5 Å². The first-order valence-electron chi connectivity index (χ1n) is 9.47. The summed E-state index contributed by atoms with van der Waals surface area (Å²) in [5.74, 6) is -0.0980. The van der Waals surface area contributed by atoms with Crippen LogP contribution in [0, 0.1) is 19.3 Å². The molecule has 0 atom stereocenters. The SMILES string of the molecule is CC(=O)N1CCn2nc(C(=O)NCC3(Cn4nc(C)cc4C)CC3)cc2C1. The molecule has 1 saturated carbocycles. The second-order valence-electron chi connectivity index (χ2n) is 7.95. The summed E-state index contributed by atoms with van der Waals surface area (Å²) in [7, 11) is 0. The van der Waals surface area contributed by atoms with E-state index in [4.69, 9.17) is 0 Å². The van der Waals surface area contributed by atoms with Gasteiger partial charge in [0.15, 0.2) is 5.69 Å². The number of nitrogens with zero attached hydrogens (tertiary/aromatic N) is 5. The molecule has 4 rings (SSSR count). The predicted molar refractivity (Wildman–Crippen MR) is 99.0 cm³/mol. The Morgan fingerprint density at radius 2 is 1.96 bits per heavy atom. The fourth-order valence-electron chi connectivity index (χ4n) is 3.72. The third-order valence-corrected chi connectivity index (χ3v) is 5.65. The fraction of sp³-hybridized carbons (Fsp3) is 0.579. The molecule has 8 nitrogen and oxygen atoms in total. The maximum atomic E-state index is 12.6. The number of hydrogen-bond acceptors (Lipinski definition) is 4. The lowest BCUT2D eigenvalue weighted by Crippen LogP contribution is -2.36. The third kappa shape index (κ3) is 3.61. The largest absolute Gasteiger partial charge is 0.350 e. The van der Waals surface area contributed by atoms with Crippen LogP contribution in [0.4, 0.5) is 0 Å². The number of aromatic nitrogens is 4. The summed E-state index contributed by atoms with van der Waals surface area (Å²) in [6.45, 7) is 8.87. The molecular formula is C19H26N6O2. The van der Waals surface area contributed by atoms with E-state index < -0.39 is 0 Å². The number of aryl methyl sites for hydroxylation is 2. The van der Waals surface area contributed by atoms with E-state index in [9.17, 15) is 9.59 Å². The van der Waals surface area contributed by atoms with Crippen LogP contribution in [0.25, 0.3) is 0 Å². The molecule has 2 aromatic rings. The van der Waals surface area contributed by atoms with Crippen molar-refractivity contribution in [3.8, 4) is 0 Å². The van der Waals surface area contributed by atoms with E-state index in [0.29, 0.717) is 31.9 Å². The number of hydrogen-bond donors (Lipinski definition) is 1. The zero-order chi connectivity index (χ0) is 19.2. The quantitative estimate of drug-likeness (QED) is 0.859. The zero-order valence-corrected chi connectivity index (χ0v) is 16.2.